The van der Waals surface area contributed by atoms with Crippen molar-refractivity contribution in [1.29, 1.82) is 0 Å². The maximum atomic E-state index is 12.2. The lowest BCUT2D eigenvalue weighted by Crippen LogP contribution is -2.40. The molecule has 1 fully saturated rings. The van der Waals surface area contributed by atoms with Gasteiger partial charge in [-0.05, 0) is 24.3 Å². The number of benzene rings is 1. The Morgan fingerprint density at radius 1 is 1.21 bits per heavy atom. The number of nitrogens with one attached hydrogen (secondary N) is 1. The second-order valence-corrected chi connectivity index (χ2v) is 4.43. The summed E-state index contributed by atoms with van der Waals surface area (Å²) in [6, 6.07) is 6.78. The number of hydrogen-bond donors (Lipinski definition) is 1. The van der Waals surface area contributed by atoms with E-state index in [9.17, 15) is 9.59 Å². The van der Waals surface area contributed by atoms with Crippen LogP contribution in [0.25, 0.3) is 0 Å². The van der Waals surface area contributed by atoms with Gasteiger partial charge in [0.15, 0.2) is 0 Å². The summed E-state index contributed by atoms with van der Waals surface area (Å²) in [6.07, 6.45) is 0. The van der Waals surface area contributed by atoms with Crippen molar-refractivity contribution in [3.05, 3.63) is 29.8 Å². The zero-order valence-electron chi connectivity index (χ0n) is 10.4. The maximum absolute atomic E-state index is 12.2. The summed E-state index contributed by atoms with van der Waals surface area (Å²) in [5.41, 5.74) is 1.23. The molecule has 0 bridgehead atoms. The topological polar surface area (TPSA) is 58.6 Å². The SMILES string of the molecule is O=C(CCl)Nc1ccc(C(=O)N2CCOCC2)cc1. The summed E-state index contributed by atoms with van der Waals surface area (Å²) in [6.45, 7) is 2.39. The van der Waals surface area contributed by atoms with E-state index in [1.807, 2.05) is 0 Å². The van der Waals surface area contributed by atoms with Crippen molar-refractivity contribution in [2.24, 2.45) is 0 Å². The molecule has 1 N–H and O–H groups in total. The second kappa shape index (κ2) is 6.54. The van der Waals surface area contributed by atoms with Crippen molar-refractivity contribution in [3.8, 4) is 0 Å². The first-order valence-corrected chi connectivity index (χ1v) is 6.57. The van der Waals surface area contributed by atoms with Crippen molar-refractivity contribution < 1.29 is 14.3 Å². The normalized spacial score (nSPS) is 15.1. The number of morpholine rings is 1. The minimum Gasteiger partial charge on any atom is -0.378 e. The van der Waals surface area contributed by atoms with E-state index in [0.717, 1.165) is 0 Å². The molecule has 0 unspecified atom stereocenters. The molecule has 0 aromatic heterocycles. The largest absolute Gasteiger partial charge is 0.378 e. The summed E-state index contributed by atoms with van der Waals surface area (Å²) in [5, 5.41) is 2.62. The molecule has 102 valence electrons. The van der Waals surface area contributed by atoms with Crippen LogP contribution in [-0.2, 0) is 9.53 Å². The summed E-state index contributed by atoms with van der Waals surface area (Å²) in [5.74, 6) is -0.374. The summed E-state index contributed by atoms with van der Waals surface area (Å²) < 4.78 is 5.21. The Balaban J connectivity index is 2.01. The van der Waals surface area contributed by atoms with Gasteiger partial charge in [-0.15, -0.1) is 11.6 Å². The number of ether oxygens (including phenoxy) is 1. The third-order valence-corrected chi connectivity index (χ3v) is 3.08. The van der Waals surface area contributed by atoms with E-state index in [0.29, 0.717) is 37.6 Å². The highest BCUT2D eigenvalue weighted by atomic mass is 35.5. The fourth-order valence-corrected chi connectivity index (χ4v) is 1.91. The lowest BCUT2D eigenvalue weighted by Gasteiger charge is -2.26. The van der Waals surface area contributed by atoms with Crippen LogP contribution in [0.3, 0.4) is 0 Å². The van der Waals surface area contributed by atoms with E-state index in [-0.39, 0.29) is 17.7 Å². The molecule has 1 saturated heterocycles. The standard InChI is InChI=1S/C13H15ClN2O3/c14-9-12(17)15-11-3-1-10(2-4-11)13(18)16-5-7-19-8-6-16/h1-4H,5-9H2,(H,15,17). The highest BCUT2D eigenvalue weighted by Gasteiger charge is 2.18. The van der Waals surface area contributed by atoms with E-state index >= 15 is 0 Å². The molecule has 1 aliphatic rings. The monoisotopic (exact) mass is 282 g/mol. The van der Waals surface area contributed by atoms with Crippen LogP contribution in [0, 0.1) is 0 Å². The molecule has 2 amide bonds. The van der Waals surface area contributed by atoms with Crippen LogP contribution in [0.2, 0.25) is 0 Å². The Kier molecular flexibility index (Phi) is 4.76. The number of nitrogens with zero attached hydrogens (tertiary/aromatic N) is 1. The molecule has 0 spiro atoms. The van der Waals surface area contributed by atoms with Crippen molar-refractivity contribution in [2.75, 3.05) is 37.5 Å². The van der Waals surface area contributed by atoms with Gasteiger partial charge in [-0.3, -0.25) is 9.59 Å². The number of halogens is 1. The molecular formula is C13H15ClN2O3. The quantitative estimate of drug-likeness (QED) is 0.851. The molecular weight excluding hydrogens is 268 g/mol. The maximum Gasteiger partial charge on any atom is 0.254 e. The van der Waals surface area contributed by atoms with E-state index in [1.54, 1.807) is 29.2 Å². The smallest absolute Gasteiger partial charge is 0.254 e. The van der Waals surface area contributed by atoms with Crippen LogP contribution in [0.5, 0.6) is 0 Å². The Morgan fingerprint density at radius 3 is 2.42 bits per heavy atom. The molecule has 2 rings (SSSR count). The lowest BCUT2D eigenvalue weighted by atomic mass is 10.1. The van der Waals surface area contributed by atoms with E-state index in [1.165, 1.54) is 0 Å². The number of anilines is 1. The molecule has 0 radical (unpaired) electrons. The number of carbonyl (C=O) groups is 2. The van der Waals surface area contributed by atoms with Gasteiger partial charge in [0.1, 0.15) is 5.88 Å². The molecule has 1 aromatic rings. The fourth-order valence-electron chi connectivity index (χ4n) is 1.84. The highest BCUT2D eigenvalue weighted by Crippen LogP contribution is 2.12. The summed E-state index contributed by atoms with van der Waals surface area (Å²) in [4.78, 5) is 25.0. The number of carbonyl (C=O) groups excluding carboxylic acids is 2. The molecule has 19 heavy (non-hydrogen) atoms. The van der Waals surface area contributed by atoms with Crippen LogP contribution < -0.4 is 5.32 Å². The van der Waals surface area contributed by atoms with Gasteiger partial charge in [-0.1, -0.05) is 0 Å². The van der Waals surface area contributed by atoms with Gasteiger partial charge >= 0.3 is 0 Å². The van der Waals surface area contributed by atoms with Gasteiger partial charge in [0, 0.05) is 24.3 Å². The Morgan fingerprint density at radius 2 is 1.84 bits per heavy atom. The minimum absolute atomic E-state index is 0.0153. The van der Waals surface area contributed by atoms with Gasteiger partial charge in [0.2, 0.25) is 5.91 Å². The number of alkyl halides is 1. The Labute approximate surface area is 116 Å². The molecule has 0 atom stereocenters. The zero-order valence-corrected chi connectivity index (χ0v) is 11.2. The average molecular weight is 283 g/mol. The molecule has 5 nitrogen and oxygen atoms in total. The van der Waals surface area contributed by atoms with Crippen LogP contribution in [0.15, 0.2) is 24.3 Å². The fraction of sp³-hybridized carbons (Fsp3) is 0.385. The minimum atomic E-state index is -0.270. The van der Waals surface area contributed by atoms with E-state index < -0.39 is 0 Å². The molecule has 6 heteroatoms. The first kappa shape index (κ1) is 13.8. The Hall–Kier alpha value is -1.59. The van der Waals surface area contributed by atoms with Crippen LogP contribution in [0.1, 0.15) is 10.4 Å². The van der Waals surface area contributed by atoms with Crippen molar-refractivity contribution in [2.45, 2.75) is 0 Å². The summed E-state index contributed by atoms with van der Waals surface area (Å²) >= 11 is 5.40. The molecule has 1 aliphatic heterocycles. The van der Waals surface area contributed by atoms with E-state index in [2.05, 4.69) is 5.32 Å². The molecule has 0 aliphatic carbocycles. The lowest BCUT2D eigenvalue weighted by molar-refractivity contribution is -0.113. The van der Waals surface area contributed by atoms with Crippen LogP contribution >= 0.6 is 11.6 Å². The predicted octanol–water partition coefficient (Wildman–Crippen LogP) is 1.34. The number of rotatable bonds is 3. The van der Waals surface area contributed by atoms with Crippen molar-refractivity contribution >= 4 is 29.1 Å². The molecule has 0 saturated carbocycles. The van der Waals surface area contributed by atoms with Gasteiger partial charge in [0.25, 0.3) is 5.91 Å². The second-order valence-electron chi connectivity index (χ2n) is 4.16. The number of hydrogen-bond acceptors (Lipinski definition) is 3. The molecule has 1 heterocycles. The third-order valence-electron chi connectivity index (χ3n) is 2.84. The van der Waals surface area contributed by atoms with Crippen molar-refractivity contribution in [1.82, 2.24) is 4.90 Å². The van der Waals surface area contributed by atoms with Gasteiger partial charge < -0.3 is 15.0 Å². The molecule has 1 aromatic carbocycles. The zero-order chi connectivity index (χ0) is 13.7. The third kappa shape index (κ3) is 3.68. The van der Waals surface area contributed by atoms with Gasteiger partial charge in [-0.2, -0.15) is 0 Å². The highest BCUT2D eigenvalue weighted by molar-refractivity contribution is 6.29. The van der Waals surface area contributed by atoms with Gasteiger partial charge in [0.05, 0.1) is 13.2 Å². The number of amides is 2. The van der Waals surface area contributed by atoms with E-state index in [4.69, 9.17) is 16.3 Å². The first-order chi connectivity index (χ1) is 9.20. The average Bonchev–Trinajstić information content (AvgIpc) is 2.48. The Bertz CT molecular complexity index is 455. The van der Waals surface area contributed by atoms with Crippen molar-refractivity contribution in [3.63, 3.8) is 0 Å². The first-order valence-electron chi connectivity index (χ1n) is 6.03. The van der Waals surface area contributed by atoms with Crippen LogP contribution in [0.4, 0.5) is 5.69 Å². The van der Waals surface area contributed by atoms with Crippen LogP contribution in [-0.4, -0.2) is 48.9 Å². The van der Waals surface area contributed by atoms with Gasteiger partial charge in [-0.25, -0.2) is 0 Å². The predicted molar refractivity (Wildman–Crippen MR) is 72.5 cm³/mol. The summed E-state index contributed by atoms with van der Waals surface area (Å²) in [7, 11) is 0.